The van der Waals surface area contributed by atoms with Crippen molar-refractivity contribution >= 4 is 27.5 Å². The fourth-order valence-electron chi connectivity index (χ4n) is 1.51. The van der Waals surface area contributed by atoms with Crippen LogP contribution in [0.5, 0.6) is 11.8 Å². The molecule has 0 N–H and O–H groups in total. The van der Waals surface area contributed by atoms with Crippen LogP contribution in [0.3, 0.4) is 0 Å². The summed E-state index contributed by atoms with van der Waals surface area (Å²) in [4.78, 5) is 11.9. The molecule has 0 fully saturated rings. The van der Waals surface area contributed by atoms with Crippen LogP contribution >= 0.6 is 27.5 Å². The predicted molar refractivity (Wildman–Crippen MR) is 76.1 cm³/mol. The Balaban J connectivity index is 1.97. The molecule has 21 heavy (non-hydrogen) atoms. The summed E-state index contributed by atoms with van der Waals surface area (Å²) in [7, 11) is 0. The van der Waals surface area contributed by atoms with E-state index in [4.69, 9.17) is 16.3 Å². The van der Waals surface area contributed by atoms with E-state index in [2.05, 4.69) is 36.0 Å². The van der Waals surface area contributed by atoms with Gasteiger partial charge in [0.15, 0.2) is 0 Å². The Morgan fingerprint density at radius 2 is 2.10 bits per heavy atom. The highest BCUT2D eigenvalue weighted by molar-refractivity contribution is 9.10. The number of benzene rings is 1. The number of aromatic nitrogens is 5. The standard InChI is InChI=1S/C12H6BrClFN5O/c13-8-3-2-7(15)6-9(8)21-12-18-10(14)17-11(19-12)20-5-1-4-16-20/h1-6H. The molecule has 3 aromatic rings. The van der Waals surface area contributed by atoms with Crippen LogP contribution in [0.4, 0.5) is 4.39 Å². The van der Waals surface area contributed by atoms with Gasteiger partial charge < -0.3 is 4.74 Å². The van der Waals surface area contributed by atoms with Crippen LogP contribution in [0.2, 0.25) is 5.28 Å². The van der Waals surface area contributed by atoms with Crippen LogP contribution in [-0.4, -0.2) is 24.7 Å². The number of rotatable bonds is 3. The highest BCUT2D eigenvalue weighted by atomic mass is 79.9. The number of nitrogens with zero attached hydrogens (tertiary/aromatic N) is 5. The van der Waals surface area contributed by atoms with Crippen molar-refractivity contribution in [3.05, 3.63) is 52.2 Å². The molecule has 0 aliphatic carbocycles. The first-order chi connectivity index (χ1) is 10.1. The first-order valence-electron chi connectivity index (χ1n) is 5.66. The van der Waals surface area contributed by atoms with Gasteiger partial charge in [-0.1, -0.05) is 0 Å². The van der Waals surface area contributed by atoms with E-state index in [9.17, 15) is 4.39 Å². The molecule has 9 heteroatoms. The Morgan fingerprint density at radius 3 is 2.86 bits per heavy atom. The third kappa shape index (κ3) is 3.17. The van der Waals surface area contributed by atoms with Gasteiger partial charge in [0.1, 0.15) is 11.6 Å². The molecule has 0 saturated carbocycles. The van der Waals surface area contributed by atoms with Gasteiger partial charge in [0, 0.05) is 18.5 Å². The molecule has 3 rings (SSSR count). The van der Waals surface area contributed by atoms with Crippen LogP contribution in [0, 0.1) is 5.82 Å². The minimum atomic E-state index is -0.444. The molecule has 0 aliphatic rings. The Hall–Kier alpha value is -2.06. The number of hydrogen-bond donors (Lipinski definition) is 0. The van der Waals surface area contributed by atoms with Crippen LogP contribution in [-0.2, 0) is 0 Å². The van der Waals surface area contributed by atoms with Crippen molar-refractivity contribution in [3.8, 4) is 17.7 Å². The van der Waals surface area contributed by atoms with Gasteiger partial charge >= 0.3 is 6.01 Å². The molecular weight excluding hydrogens is 365 g/mol. The first-order valence-corrected chi connectivity index (χ1v) is 6.83. The Morgan fingerprint density at radius 1 is 1.24 bits per heavy atom. The van der Waals surface area contributed by atoms with Gasteiger partial charge in [-0.25, -0.2) is 9.07 Å². The van der Waals surface area contributed by atoms with E-state index in [0.29, 0.717) is 4.47 Å². The van der Waals surface area contributed by atoms with Crippen molar-refractivity contribution in [1.82, 2.24) is 24.7 Å². The largest absolute Gasteiger partial charge is 0.423 e. The second-order valence-corrected chi connectivity index (χ2v) is 5.01. The highest BCUT2D eigenvalue weighted by Gasteiger charge is 2.11. The SMILES string of the molecule is Fc1ccc(Br)c(Oc2nc(Cl)nc(-n3cccn3)n2)c1. The summed E-state index contributed by atoms with van der Waals surface area (Å²) in [6.45, 7) is 0. The topological polar surface area (TPSA) is 65.7 Å². The quantitative estimate of drug-likeness (QED) is 0.707. The van der Waals surface area contributed by atoms with Gasteiger partial charge in [0.2, 0.25) is 5.28 Å². The molecule has 0 spiro atoms. The van der Waals surface area contributed by atoms with E-state index >= 15 is 0 Å². The van der Waals surface area contributed by atoms with Crippen LogP contribution in [0.15, 0.2) is 41.1 Å². The normalized spacial score (nSPS) is 10.6. The lowest BCUT2D eigenvalue weighted by Gasteiger charge is -2.07. The Bertz CT molecular complexity index is 783. The summed E-state index contributed by atoms with van der Waals surface area (Å²) in [6, 6.07) is 5.66. The molecule has 0 bridgehead atoms. The molecule has 2 aromatic heterocycles. The predicted octanol–water partition coefficient (Wildman–Crippen LogP) is 3.40. The second kappa shape index (κ2) is 5.74. The molecular formula is C12H6BrClFN5O. The Kier molecular flexibility index (Phi) is 3.80. The van der Waals surface area contributed by atoms with E-state index in [1.54, 1.807) is 18.5 Å². The van der Waals surface area contributed by atoms with Crippen molar-refractivity contribution in [1.29, 1.82) is 0 Å². The Labute approximate surface area is 131 Å². The zero-order valence-electron chi connectivity index (χ0n) is 10.2. The molecule has 0 unspecified atom stereocenters. The maximum absolute atomic E-state index is 13.2. The summed E-state index contributed by atoms with van der Waals surface area (Å²) in [5.74, 6) is -0.0214. The summed E-state index contributed by atoms with van der Waals surface area (Å²) in [6.07, 6.45) is 3.22. The number of halogens is 3. The van der Waals surface area contributed by atoms with E-state index < -0.39 is 5.82 Å². The molecule has 0 aliphatic heterocycles. The van der Waals surface area contributed by atoms with Crippen molar-refractivity contribution in [2.75, 3.05) is 0 Å². The van der Waals surface area contributed by atoms with Crippen molar-refractivity contribution < 1.29 is 9.13 Å². The summed E-state index contributed by atoms with van der Waals surface area (Å²) in [5.41, 5.74) is 0. The van der Waals surface area contributed by atoms with Gasteiger partial charge in [-0.2, -0.15) is 20.1 Å². The van der Waals surface area contributed by atoms with Gasteiger partial charge in [-0.05, 0) is 45.7 Å². The fraction of sp³-hybridized carbons (Fsp3) is 0. The lowest BCUT2D eigenvalue weighted by atomic mass is 10.3. The van der Waals surface area contributed by atoms with Crippen LogP contribution in [0.1, 0.15) is 0 Å². The highest BCUT2D eigenvalue weighted by Crippen LogP contribution is 2.29. The third-order valence-corrected chi connectivity index (χ3v) is 3.20. The smallest absolute Gasteiger partial charge is 0.328 e. The number of hydrogen-bond acceptors (Lipinski definition) is 5. The molecule has 2 heterocycles. The van der Waals surface area contributed by atoms with E-state index in [1.165, 1.54) is 22.9 Å². The lowest BCUT2D eigenvalue weighted by molar-refractivity contribution is 0.431. The molecule has 0 atom stereocenters. The zero-order chi connectivity index (χ0) is 14.8. The fourth-order valence-corrected chi connectivity index (χ4v) is 1.99. The maximum Gasteiger partial charge on any atom is 0.328 e. The van der Waals surface area contributed by atoms with E-state index in [0.717, 1.165) is 0 Å². The van der Waals surface area contributed by atoms with Gasteiger partial charge in [-0.15, -0.1) is 0 Å². The van der Waals surface area contributed by atoms with Crippen LogP contribution in [0.25, 0.3) is 5.95 Å². The monoisotopic (exact) mass is 369 g/mol. The molecule has 6 nitrogen and oxygen atoms in total. The van der Waals surface area contributed by atoms with Gasteiger partial charge in [-0.3, -0.25) is 0 Å². The molecule has 1 aromatic carbocycles. The first kappa shape index (κ1) is 13.9. The van der Waals surface area contributed by atoms with Crippen LogP contribution < -0.4 is 4.74 Å². The van der Waals surface area contributed by atoms with Crippen molar-refractivity contribution in [2.24, 2.45) is 0 Å². The summed E-state index contributed by atoms with van der Waals surface area (Å²) in [5, 5.41) is 3.93. The van der Waals surface area contributed by atoms with Crippen molar-refractivity contribution in [2.45, 2.75) is 0 Å². The molecule has 106 valence electrons. The zero-order valence-corrected chi connectivity index (χ0v) is 12.6. The van der Waals surface area contributed by atoms with Gasteiger partial charge in [0.05, 0.1) is 4.47 Å². The minimum Gasteiger partial charge on any atom is -0.423 e. The van der Waals surface area contributed by atoms with Gasteiger partial charge in [0.25, 0.3) is 5.95 Å². The molecule has 0 amide bonds. The molecule has 0 saturated heterocycles. The van der Waals surface area contributed by atoms with E-state index in [1.807, 2.05) is 0 Å². The minimum absolute atomic E-state index is 0.0574. The van der Waals surface area contributed by atoms with Crippen molar-refractivity contribution in [3.63, 3.8) is 0 Å². The lowest BCUT2D eigenvalue weighted by Crippen LogP contribution is -2.05. The molecule has 0 radical (unpaired) electrons. The average molecular weight is 371 g/mol. The second-order valence-electron chi connectivity index (χ2n) is 3.81. The summed E-state index contributed by atoms with van der Waals surface area (Å²) >= 11 is 9.09. The number of ether oxygens (including phenoxy) is 1. The maximum atomic E-state index is 13.2. The summed E-state index contributed by atoms with van der Waals surface area (Å²) < 4.78 is 20.6. The average Bonchev–Trinajstić information content (AvgIpc) is 2.96. The third-order valence-electron chi connectivity index (χ3n) is 2.38. The van der Waals surface area contributed by atoms with E-state index in [-0.39, 0.29) is 23.0 Å².